The summed E-state index contributed by atoms with van der Waals surface area (Å²) in [6.45, 7) is 3.29. The van der Waals surface area contributed by atoms with Gasteiger partial charge in [-0.2, -0.15) is 10.1 Å². The van der Waals surface area contributed by atoms with Crippen LogP contribution in [0.5, 0.6) is 11.6 Å². The molecule has 0 aliphatic carbocycles. The molecule has 2 N–H and O–H groups in total. The Morgan fingerprint density at radius 1 is 1.13 bits per heavy atom. The average molecular weight is 420 g/mol. The monoisotopic (exact) mass is 420 g/mol. The van der Waals surface area contributed by atoms with Gasteiger partial charge in [-0.05, 0) is 36.4 Å². The van der Waals surface area contributed by atoms with Crippen LogP contribution in [0, 0.1) is 0 Å². The third-order valence-electron chi connectivity index (χ3n) is 4.62. The molecule has 0 bridgehead atoms. The molecule has 0 saturated carbocycles. The van der Waals surface area contributed by atoms with Crippen molar-refractivity contribution in [2.45, 2.75) is 6.42 Å². The highest BCUT2D eigenvalue weighted by molar-refractivity contribution is 5.76. The quantitative estimate of drug-likeness (QED) is 0.325. The lowest BCUT2D eigenvalue weighted by Gasteiger charge is -2.28. The lowest BCUT2D eigenvalue weighted by Crippen LogP contribution is -2.37. The number of hydrazone groups is 1. The van der Waals surface area contributed by atoms with E-state index in [1.165, 1.54) is 0 Å². The van der Waals surface area contributed by atoms with E-state index in [-0.39, 0.29) is 5.75 Å². The molecule has 0 atom stereocenters. The van der Waals surface area contributed by atoms with Crippen molar-refractivity contribution in [1.29, 1.82) is 0 Å². The molecule has 31 heavy (non-hydrogen) atoms. The molecule has 0 amide bonds. The van der Waals surface area contributed by atoms with Gasteiger partial charge in [0.15, 0.2) is 5.82 Å². The van der Waals surface area contributed by atoms with Gasteiger partial charge in [-0.25, -0.2) is 4.98 Å². The van der Waals surface area contributed by atoms with Gasteiger partial charge in [0.25, 0.3) is 0 Å². The SMILES string of the molecule is Oc1ccc(NN=Cc2nc(OCCc3ccccn3)cc(N3CCOCC3)n2)cc1. The van der Waals surface area contributed by atoms with Crippen molar-refractivity contribution in [3.05, 3.63) is 66.2 Å². The van der Waals surface area contributed by atoms with E-state index in [0.717, 1.165) is 30.3 Å². The fraction of sp³-hybridized carbons (Fsp3) is 0.273. The van der Waals surface area contributed by atoms with Gasteiger partial charge in [0, 0.05) is 37.5 Å². The van der Waals surface area contributed by atoms with Gasteiger partial charge in [-0.1, -0.05) is 6.07 Å². The molecule has 9 heteroatoms. The van der Waals surface area contributed by atoms with Crippen LogP contribution in [0.3, 0.4) is 0 Å². The first-order valence-corrected chi connectivity index (χ1v) is 10.1. The summed E-state index contributed by atoms with van der Waals surface area (Å²) in [7, 11) is 0. The Labute approximate surface area is 180 Å². The molecule has 1 fully saturated rings. The fourth-order valence-electron chi connectivity index (χ4n) is 3.02. The fourth-order valence-corrected chi connectivity index (χ4v) is 3.02. The summed E-state index contributed by atoms with van der Waals surface area (Å²) in [5.74, 6) is 1.89. The first-order valence-electron chi connectivity index (χ1n) is 10.1. The lowest BCUT2D eigenvalue weighted by molar-refractivity contribution is 0.122. The molecule has 1 aromatic carbocycles. The Bertz CT molecular complexity index is 992. The van der Waals surface area contributed by atoms with Crippen LogP contribution >= 0.6 is 0 Å². The Balaban J connectivity index is 1.46. The number of benzene rings is 1. The zero-order chi connectivity index (χ0) is 21.3. The number of pyridine rings is 1. The molecule has 0 spiro atoms. The molecule has 4 rings (SSSR count). The number of anilines is 2. The summed E-state index contributed by atoms with van der Waals surface area (Å²) in [4.78, 5) is 15.5. The maximum absolute atomic E-state index is 9.37. The van der Waals surface area contributed by atoms with Crippen molar-refractivity contribution in [3.63, 3.8) is 0 Å². The predicted molar refractivity (Wildman–Crippen MR) is 118 cm³/mol. The highest BCUT2D eigenvalue weighted by atomic mass is 16.5. The molecule has 1 aliphatic heterocycles. The van der Waals surface area contributed by atoms with Gasteiger partial charge in [0.05, 0.1) is 31.7 Å². The summed E-state index contributed by atoms with van der Waals surface area (Å²) in [5, 5.41) is 13.6. The number of hydrogen-bond acceptors (Lipinski definition) is 9. The maximum Gasteiger partial charge on any atom is 0.219 e. The maximum atomic E-state index is 9.37. The van der Waals surface area contributed by atoms with Crippen molar-refractivity contribution in [1.82, 2.24) is 15.0 Å². The minimum atomic E-state index is 0.198. The number of aromatic nitrogens is 3. The summed E-state index contributed by atoms with van der Waals surface area (Å²) >= 11 is 0. The van der Waals surface area contributed by atoms with E-state index in [2.05, 4.69) is 30.4 Å². The normalized spacial score (nSPS) is 14.0. The number of ether oxygens (including phenoxy) is 2. The first-order chi connectivity index (χ1) is 15.3. The van der Waals surface area contributed by atoms with Crippen LogP contribution in [0.2, 0.25) is 0 Å². The van der Waals surface area contributed by atoms with Crippen molar-refractivity contribution in [3.8, 4) is 11.6 Å². The van der Waals surface area contributed by atoms with Crippen molar-refractivity contribution < 1.29 is 14.6 Å². The zero-order valence-electron chi connectivity index (χ0n) is 17.0. The smallest absolute Gasteiger partial charge is 0.219 e. The van der Waals surface area contributed by atoms with Gasteiger partial charge < -0.3 is 19.5 Å². The van der Waals surface area contributed by atoms with E-state index < -0.39 is 0 Å². The molecule has 1 aliphatic rings. The van der Waals surface area contributed by atoms with Crippen molar-refractivity contribution in [2.75, 3.05) is 43.2 Å². The van der Waals surface area contributed by atoms with Gasteiger partial charge in [-0.15, -0.1) is 0 Å². The highest BCUT2D eigenvalue weighted by Crippen LogP contribution is 2.19. The molecule has 9 nitrogen and oxygen atoms in total. The van der Waals surface area contributed by atoms with E-state index >= 15 is 0 Å². The number of rotatable bonds is 8. The molecule has 3 aromatic rings. The van der Waals surface area contributed by atoms with Gasteiger partial charge in [-0.3, -0.25) is 10.4 Å². The van der Waals surface area contributed by atoms with Crippen molar-refractivity contribution >= 4 is 17.7 Å². The summed E-state index contributed by atoms with van der Waals surface area (Å²) < 4.78 is 11.3. The van der Waals surface area contributed by atoms with Gasteiger partial charge >= 0.3 is 0 Å². The van der Waals surface area contributed by atoms with Crippen LogP contribution in [0.1, 0.15) is 11.5 Å². The minimum Gasteiger partial charge on any atom is -0.508 e. The Morgan fingerprint density at radius 2 is 1.97 bits per heavy atom. The molecule has 0 unspecified atom stereocenters. The van der Waals surface area contributed by atoms with Crippen LogP contribution in [-0.4, -0.2) is 59.2 Å². The number of nitrogens with one attached hydrogen (secondary N) is 1. The summed E-state index contributed by atoms with van der Waals surface area (Å²) in [5.41, 5.74) is 4.60. The Morgan fingerprint density at radius 3 is 2.74 bits per heavy atom. The molecule has 3 heterocycles. The molecular formula is C22H24N6O3. The third kappa shape index (κ3) is 6.13. The second-order valence-corrected chi connectivity index (χ2v) is 6.86. The van der Waals surface area contributed by atoms with Crippen LogP contribution < -0.4 is 15.1 Å². The summed E-state index contributed by atoms with van der Waals surface area (Å²) in [6.07, 6.45) is 4.00. The van der Waals surface area contributed by atoms with Crippen molar-refractivity contribution in [2.24, 2.45) is 5.10 Å². The van der Waals surface area contributed by atoms with E-state index in [1.807, 2.05) is 24.3 Å². The van der Waals surface area contributed by atoms with E-state index in [9.17, 15) is 5.11 Å². The lowest BCUT2D eigenvalue weighted by atomic mass is 10.3. The van der Waals surface area contributed by atoms with E-state index in [0.29, 0.717) is 37.9 Å². The number of aromatic hydroxyl groups is 1. The van der Waals surface area contributed by atoms with E-state index in [4.69, 9.17) is 9.47 Å². The first kappa shape index (κ1) is 20.5. The van der Waals surface area contributed by atoms with Crippen LogP contribution in [0.25, 0.3) is 0 Å². The molecular weight excluding hydrogens is 396 g/mol. The van der Waals surface area contributed by atoms with Crippen LogP contribution in [-0.2, 0) is 11.2 Å². The molecule has 0 radical (unpaired) electrons. The average Bonchev–Trinajstić information content (AvgIpc) is 2.82. The molecule has 2 aromatic heterocycles. The topological polar surface area (TPSA) is 105 Å². The van der Waals surface area contributed by atoms with E-state index in [1.54, 1.807) is 36.7 Å². The second kappa shape index (κ2) is 10.4. The number of phenols is 1. The van der Waals surface area contributed by atoms with Gasteiger partial charge in [0.2, 0.25) is 5.88 Å². The molecule has 1 saturated heterocycles. The Kier molecular flexibility index (Phi) is 6.86. The number of nitrogens with zero attached hydrogens (tertiary/aromatic N) is 5. The van der Waals surface area contributed by atoms with Gasteiger partial charge in [0.1, 0.15) is 11.6 Å². The zero-order valence-corrected chi connectivity index (χ0v) is 17.0. The number of phenolic OH excluding ortho intramolecular Hbond substituents is 1. The molecule has 160 valence electrons. The highest BCUT2D eigenvalue weighted by Gasteiger charge is 2.15. The number of hydrogen-bond donors (Lipinski definition) is 2. The number of morpholine rings is 1. The minimum absolute atomic E-state index is 0.198. The van der Waals surface area contributed by atoms with Crippen LogP contribution in [0.15, 0.2) is 59.8 Å². The standard InChI is InChI=1S/C22H24N6O3/c29-19-6-4-18(5-7-19)27-24-16-20-25-21(28-10-13-30-14-11-28)15-22(26-20)31-12-8-17-3-1-2-9-23-17/h1-7,9,15-16,27,29H,8,10-14H2. The largest absolute Gasteiger partial charge is 0.508 e. The predicted octanol–water partition coefficient (Wildman–Crippen LogP) is 2.48. The third-order valence-corrected chi connectivity index (χ3v) is 4.62. The Hall–Kier alpha value is -3.72. The van der Waals surface area contributed by atoms with Crippen LogP contribution in [0.4, 0.5) is 11.5 Å². The second-order valence-electron chi connectivity index (χ2n) is 6.86. The summed E-state index contributed by atoms with van der Waals surface area (Å²) in [6, 6.07) is 14.3.